The number of hydrogen-bond donors (Lipinski definition) is 0. The molecule has 0 N–H and O–H groups in total. The summed E-state index contributed by atoms with van der Waals surface area (Å²) in [6.45, 7) is 3.55. The minimum atomic E-state index is 0.479. The van der Waals surface area contributed by atoms with Gasteiger partial charge in [0.1, 0.15) is 5.82 Å². The van der Waals surface area contributed by atoms with E-state index in [0.717, 1.165) is 34.7 Å². The maximum atomic E-state index is 8.89. The van der Waals surface area contributed by atoms with Crippen LogP contribution in [0, 0.1) is 11.3 Å². The summed E-state index contributed by atoms with van der Waals surface area (Å²) in [7, 11) is 0. The fourth-order valence-electron chi connectivity index (χ4n) is 2.62. The molecule has 0 atom stereocenters. The molecule has 4 nitrogen and oxygen atoms in total. The summed E-state index contributed by atoms with van der Waals surface area (Å²) in [6.07, 6.45) is 0.479. The number of nitrogens with zero attached hydrogens (tertiary/aromatic N) is 4. The molecule has 3 aromatic rings. The molecule has 0 saturated heterocycles. The minimum absolute atomic E-state index is 0.479. The molecule has 0 aliphatic rings. The SMILES string of the molecule is CCN(CCC#N)c1nc(-c2ccccc2)nc2ccccc12. The van der Waals surface area contributed by atoms with Crippen molar-refractivity contribution in [3.63, 3.8) is 0 Å². The van der Waals surface area contributed by atoms with Gasteiger partial charge in [0.25, 0.3) is 0 Å². The molecule has 1 aromatic heterocycles. The maximum Gasteiger partial charge on any atom is 0.162 e. The van der Waals surface area contributed by atoms with Gasteiger partial charge in [-0.3, -0.25) is 0 Å². The summed E-state index contributed by atoms with van der Waals surface area (Å²) < 4.78 is 0. The Morgan fingerprint density at radius 1 is 1.00 bits per heavy atom. The molecule has 0 amide bonds. The van der Waals surface area contributed by atoms with Crippen LogP contribution in [0.25, 0.3) is 22.3 Å². The lowest BCUT2D eigenvalue weighted by atomic mass is 10.1. The summed E-state index contributed by atoms with van der Waals surface area (Å²) in [6, 6.07) is 20.2. The van der Waals surface area contributed by atoms with E-state index >= 15 is 0 Å². The number of rotatable bonds is 5. The maximum absolute atomic E-state index is 8.89. The zero-order valence-electron chi connectivity index (χ0n) is 13.1. The molecule has 4 heteroatoms. The quantitative estimate of drug-likeness (QED) is 0.714. The van der Waals surface area contributed by atoms with E-state index in [0.29, 0.717) is 13.0 Å². The second-order valence-electron chi connectivity index (χ2n) is 5.24. The molecule has 2 aromatic carbocycles. The molecular weight excluding hydrogens is 284 g/mol. The van der Waals surface area contributed by atoms with Gasteiger partial charge in [0, 0.05) is 24.0 Å². The Balaban J connectivity index is 2.16. The summed E-state index contributed by atoms with van der Waals surface area (Å²) in [5.41, 5.74) is 1.92. The smallest absolute Gasteiger partial charge is 0.162 e. The summed E-state index contributed by atoms with van der Waals surface area (Å²) >= 11 is 0. The topological polar surface area (TPSA) is 52.8 Å². The number of hydrogen-bond acceptors (Lipinski definition) is 4. The van der Waals surface area contributed by atoms with Crippen molar-refractivity contribution in [2.45, 2.75) is 13.3 Å². The molecule has 3 rings (SSSR count). The average Bonchev–Trinajstić information content (AvgIpc) is 2.62. The van der Waals surface area contributed by atoms with Gasteiger partial charge in [-0.25, -0.2) is 9.97 Å². The molecule has 23 heavy (non-hydrogen) atoms. The van der Waals surface area contributed by atoms with Gasteiger partial charge >= 0.3 is 0 Å². The summed E-state index contributed by atoms with van der Waals surface area (Å²) in [4.78, 5) is 11.6. The Morgan fingerprint density at radius 3 is 2.48 bits per heavy atom. The van der Waals surface area contributed by atoms with Gasteiger partial charge in [0.05, 0.1) is 18.0 Å². The third kappa shape index (κ3) is 3.14. The van der Waals surface area contributed by atoms with Crippen LogP contribution in [-0.4, -0.2) is 23.1 Å². The van der Waals surface area contributed by atoms with Gasteiger partial charge in [-0.15, -0.1) is 0 Å². The molecule has 1 heterocycles. The van der Waals surface area contributed by atoms with Crippen LogP contribution < -0.4 is 4.90 Å². The van der Waals surface area contributed by atoms with E-state index in [2.05, 4.69) is 17.9 Å². The van der Waals surface area contributed by atoms with Crippen LogP contribution in [0.4, 0.5) is 5.82 Å². The van der Waals surface area contributed by atoms with Crippen LogP contribution in [0.3, 0.4) is 0 Å². The van der Waals surface area contributed by atoms with Gasteiger partial charge in [-0.2, -0.15) is 5.26 Å². The van der Waals surface area contributed by atoms with Crippen molar-refractivity contribution >= 4 is 16.7 Å². The highest BCUT2D eigenvalue weighted by Gasteiger charge is 2.14. The van der Waals surface area contributed by atoms with Crippen LogP contribution in [-0.2, 0) is 0 Å². The summed E-state index contributed by atoms with van der Waals surface area (Å²) in [5.74, 6) is 1.61. The van der Waals surface area contributed by atoms with Crippen molar-refractivity contribution in [3.8, 4) is 17.5 Å². The lowest BCUT2D eigenvalue weighted by Gasteiger charge is -2.22. The van der Waals surface area contributed by atoms with E-state index in [-0.39, 0.29) is 0 Å². The van der Waals surface area contributed by atoms with Crippen molar-refractivity contribution in [1.82, 2.24) is 9.97 Å². The van der Waals surface area contributed by atoms with Crippen LogP contribution in [0.2, 0.25) is 0 Å². The number of benzene rings is 2. The van der Waals surface area contributed by atoms with Gasteiger partial charge in [0.2, 0.25) is 0 Å². The molecule has 0 saturated carbocycles. The van der Waals surface area contributed by atoms with Crippen molar-refractivity contribution < 1.29 is 0 Å². The molecule has 0 aliphatic carbocycles. The van der Waals surface area contributed by atoms with Crippen molar-refractivity contribution in [1.29, 1.82) is 5.26 Å². The lowest BCUT2D eigenvalue weighted by molar-refractivity contribution is 0.814. The van der Waals surface area contributed by atoms with E-state index in [1.54, 1.807) is 0 Å². The highest BCUT2D eigenvalue weighted by Crippen LogP contribution is 2.27. The number of nitriles is 1. The predicted molar refractivity (Wildman–Crippen MR) is 93.1 cm³/mol. The Labute approximate surface area is 136 Å². The highest BCUT2D eigenvalue weighted by molar-refractivity contribution is 5.91. The van der Waals surface area contributed by atoms with Crippen LogP contribution in [0.1, 0.15) is 13.3 Å². The average molecular weight is 302 g/mol. The largest absolute Gasteiger partial charge is 0.355 e. The van der Waals surface area contributed by atoms with Gasteiger partial charge < -0.3 is 4.90 Å². The van der Waals surface area contributed by atoms with Crippen molar-refractivity contribution in [3.05, 3.63) is 54.6 Å². The van der Waals surface area contributed by atoms with E-state index in [4.69, 9.17) is 15.2 Å². The Morgan fingerprint density at radius 2 is 1.74 bits per heavy atom. The lowest BCUT2D eigenvalue weighted by Crippen LogP contribution is -2.25. The zero-order chi connectivity index (χ0) is 16.1. The van der Waals surface area contributed by atoms with E-state index in [9.17, 15) is 0 Å². The zero-order valence-corrected chi connectivity index (χ0v) is 13.1. The van der Waals surface area contributed by atoms with E-state index in [1.807, 2.05) is 54.6 Å². The van der Waals surface area contributed by atoms with E-state index < -0.39 is 0 Å². The van der Waals surface area contributed by atoms with E-state index in [1.165, 1.54) is 0 Å². The standard InChI is InChI=1S/C19H18N4/c1-2-23(14-8-13-20)19-16-11-6-7-12-17(16)21-18(22-19)15-9-4-3-5-10-15/h3-7,9-12H,2,8,14H2,1H3. The first-order valence-electron chi connectivity index (χ1n) is 7.77. The molecule has 0 spiro atoms. The third-order valence-electron chi connectivity index (χ3n) is 3.79. The molecule has 0 aliphatic heterocycles. The summed E-state index contributed by atoms with van der Waals surface area (Å²) in [5, 5.41) is 9.91. The molecule has 0 bridgehead atoms. The van der Waals surface area contributed by atoms with Crippen LogP contribution >= 0.6 is 0 Å². The van der Waals surface area contributed by atoms with Crippen molar-refractivity contribution in [2.75, 3.05) is 18.0 Å². The fourth-order valence-corrected chi connectivity index (χ4v) is 2.62. The normalized spacial score (nSPS) is 10.4. The first-order chi connectivity index (χ1) is 11.3. The van der Waals surface area contributed by atoms with Gasteiger partial charge in [0.15, 0.2) is 5.82 Å². The molecule has 0 fully saturated rings. The third-order valence-corrected chi connectivity index (χ3v) is 3.79. The van der Waals surface area contributed by atoms with Crippen molar-refractivity contribution in [2.24, 2.45) is 0 Å². The van der Waals surface area contributed by atoms with Crippen LogP contribution in [0.15, 0.2) is 54.6 Å². The predicted octanol–water partition coefficient (Wildman–Crippen LogP) is 4.04. The number of anilines is 1. The molecule has 114 valence electrons. The fraction of sp³-hybridized carbons (Fsp3) is 0.211. The number of aromatic nitrogens is 2. The Bertz CT molecular complexity index is 837. The number of para-hydroxylation sites is 1. The second kappa shape index (κ2) is 6.89. The monoisotopic (exact) mass is 302 g/mol. The Hall–Kier alpha value is -2.93. The van der Waals surface area contributed by atoms with Gasteiger partial charge in [-0.1, -0.05) is 42.5 Å². The molecular formula is C19H18N4. The first kappa shape index (κ1) is 15.0. The van der Waals surface area contributed by atoms with Crippen LogP contribution in [0.5, 0.6) is 0 Å². The highest BCUT2D eigenvalue weighted by atomic mass is 15.2. The van der Waals surface area contributed by atoms with Gasteiger partial charge in [-0.05, 0) is 19.1 Å². The molecule has 0 radical (unpaired) electrons. The minimum Gasteiger partial charge on any atom is -0.355 e. The molecule has 0 unspecified atom stereocenters. The second-order valence-corrected chi connectivity index (χ2v) is 5.24. The Kier molecular flexibility index (Phi) is 4.49. The number of fused-ring (bicyclic) bond motifs is 1. The first-order valence-corrected chi connectivity index (χ1v) is 7.77.